The average Bonchev–Trinajstić information content (AvgIpc) is 2.25. The van der Waals surface area contributed by atoms with Crippen molar-refractivity contribution in [3.63, 3.8) is 0 Å². The zero-order valence-corrected chi connectivity index (χ0v) is 21.3. The Labute approximate surface area is 207 Å². The molecule has 128 valence electrons. The quantitative estimate of drug-likeness (QED) is 0.105. The van der Waals surface area contributed by atoms with Crippen LogP contribution in [0.1, 0.15) is 0 Å². The molecule has 0 aromatic rings. The molecule has 2 unspecified atom stereocenters. The third-order valence-corrected chi connectivity index (χ3v) is 2.15. The fourth-order valence-corrected chi connectivity index (χ4v) is 1.01. The van der Waals surface area contributed by atoms with E-state index in [2.05, 4.69) is 0 Å². The molecule has 0 heterocycles. The van der Waals surface area contributed by atoms with Crippen LogP contribution in [0, 0.1) is 0 Å². The van der Waals surface area contributed by atoms with E-state index >= 15 is 0 Å². The summed E-state index contributed by atoms with van der Waals surface area (Å²) in [6, 6.07) is 0. The van der Waals surface area contributed by atoms with Crippen molar-refractivity contribution in [2.24, 2.45) is 0 Å². The predicted molar refractivity (Wildman–Crippen MR) is 64.6 cm³/mol. The maximum absolute atomic E-state index is 9.77. The van der Waals surface area contributed by atoms with Gasteiger partial charge in [-0.3, -0.25) is 0 Å². The molecular weight excluding hydrogens is 417 g/mol. The summed E-state index contributed by atoms with van der Waals surface area (Å²) >= 11 is 5.04. The van der Waals surface area contributed by atoms with Gasteiger partial charge in [0, 0.05) is 0 Å². The minimum Gasteiger partial charge on any atom is -0.917 e. The van der Waals surface area contributed by atoms with E-state index in [1.807, 2.05) is 0 Å². The topological polar surface area (TPSA) is 227 Å². The zero-order valence-electron chi connectivity index (χ0n) is 12.9. The fraction of sp³-hybridized carbons (Fsp3) is 1.00. The van der Waals surface area contributed by atoms with Crippen LogP contribution in [-0.2, 0) is 29.5 Å². The van der Waals surface area contributed by atoms with Crippen molar-refractivity contribution >= 4 is 32.7 Å². The monoisotopic (exact) mass is 432 g/mol. The first-order valence-corrected chi connectivity index (χ1v) is 7.45. The summed E-state index contributed by atoms with van der Waals surface area (Å²) in [5, 5.41) is 32.7. The van der Waals surface area contributed by atoms with Crippen LogP contribution in [0.4, 0.5) is 0 Å². The number of hydrogen-bond donors (Lipinski definition) is 4. The zero-order chi connectivity index (χ0) is 16.1. The van der Waals surface area contributed by atoms with E-state index in [9.17, 15) is 13.0 Å². The van der Waals surface area contributed by atoms with Gasteiger partial charge < -0.3 is 43.4 Å². The molecule has 11 nitrogen and oxygen atoms in total. The van der Waals surface area contributed by atoms with Gasteiger partial charge in [0.25, 0.3) is 0 Å². The Morgan fingerprint density at radius 2 is 1.26 bits per heavy atom. The van der Waals surface area contributed by atoms with Gasteiger partial charge in [0.2, 0.25) is 0 Å². The third-order valence-electron chi connectivity index (χ3n) is 0.996. The Hall–Kier alpha value is 2.91. The van der Waals surface area contributed by atoms with Crippen LogP contribution in [0.25, 0.3) is 0 Å². The Kier molecular flexibility index (Phi) is 58.0. The maximum Gasteiger partial charge on any atom is 1.00 e. The van der Waals surface area contributed by atoms with Gasteiger partial charge in [-0.2, -0.15) is 11.0 Å². The molecular formula is C6H16ClNa3O11S2. The fourth-order valence-electron chi connectivity index (χ4n) is 0.337. The van der Waals surface area contributed by atoms with Crippen molar-refractivity contribution < 1.29 is 141 Å². The molecule has 0 rings (SSSR count). The second-order valence-corrected chi connectivity index (χ2v) is 4.92. The molecule has 0 aromatic heterocycles. The van der Waals surface area contributed by atoms with Gasteiger partial charge in [0.1, 0.15) is 0 Å². The molecule has 0 spiro atoms. The van der Waals surface area contributed by atoms with E-state index in [-0.39, 0.29) is 107 Å². The van der Waals surface area contributed by atoms with Crippen LogP contribution in [0.15, 0.2) is 0 Å². The van der Waals surface area contributed by atoms with Crippen molar-refractivity contribution in [2.75, 3.05) is 24.8 Å². The van der Waals surface area contributed by atoms with Crippen LogP contribution in [0.5, 0.6) is 0 Å². The van der Waals surface area contributed by atoms with Crippen molar-refractivity contribution in [3.8, 4) is 0 Å². The maximum atomic E-state index is 9.77. The molecule has 0 aliphatic heterocycles. The Morgan fingerprint density at radius 1 is 1.00 bits per heavy atom. The van der Waals surface area contributed by atoms with E-state index in [0.717, 1.165) is 0 Å². The predicted octanol–water partition coefficient (Wildman–Crippen LogP) is -12.9. The van der Waals surface area contributed by atoms with E-state index in [4.69, 9.17) is 45.0 Å². The first-order chi connectivity index (χ1) is 8.49. The van der Waals surface area contributed by atoms with E-state index in [1.165, 1.54) is 0 Å². The molecule has 0 saturated heterocycles. The van der Waals surface area contributed by atoms with Crippen molar-refractivity contribution in [2.45, 2.75) is 12.2 Å². The van der Waals surface area contributed by atoms with Crippen LogP contribution in [-0.4, -0.2) is 80.5 Å². The molecule has 2 atom stereocenters. The molecule has 0 bridgehead atoms. The Bertz CT molecular complexity index is 355. The van der Waals surface area contributed by atoms with Gasteiger partial charge in [0.05, 0.1) is 47.2 Å². The number of rotatable bonds is 5. The van der Waals surface area contributed by atoms with Crippen LogP contribution < -0.4 is 88.7 Å². The van der Waals surface area contributed by atoms with Crippen LogP contribution in [0.3, 0.4) is 0 Å². The first kappa shape index (κ1) is 45.0. The van der Waals surface area contributed by atoms with Gasteiger partial charge in [0.15, 0.2) is 0 Å². The van der Waals surface area contributed by atoms with E-state index in [1.54, 1.807) is 0 Å². The molecule has 23 heavy (non-hydrogen) atoms. The average molecular weight is 433 g/mol. The summed E-state index contributed by atoms with van der Waals surface area (Å²) in [7, 11) is -7.51. The summed E-state index contributed by atoms with van der Waals surface area (Å²) in [5.74, 6) is -0.819. The minimum absolute atomic E-state index is 0. The summed E-state index contributed by atoms with van der Waals surface area (Å²) < 4.78 is 54.7. The SMILES string of the molecule is O.O=S(=O)([O-])CC(O)CO.O=[S-](=O)[O-].OCC(O)CCl.[Na+].[Na+].[Na+]. The van der Waals surface area contributed by atoms with Crippen molar-refractivity contribution in [1.29, 1.82) is 0 Å². The molecule has 0 aliphatic rings. The molecule has 0 aliphatic carbocycles. The first-order valence-electron chi connectivity index (χ1n) is 4.34. The number of halogens is 1. The molecule has 0 fully saturated rings. The normalized spacial score (nSPS) is 11.3. The molecule has 0 aromatic carbocycles. The number of hydrogen-bond acceptors (Lipinski definition) is 11. The van der Waals surface area contributed by atoms with Gasteiger partial charge in [-0.05, 0) is 0 Å². The van der Waals surface area contributed by atoms with Crippen LogP contribution >= 0.6 is 11.6 Å². The van der Waals surface area contributed by atoms with E-state index < -0.39 is 45.7 Å². The molecule has 0 radical (unpaired) electrons. The Balaban J connectivity index is -0.0000000328. The minimum atomic E-state index is -4.40. The van der Waals surface area contributed by atoms with Crippen LogP contribution in [0.2, 0.25) is 0 Å². The third kappa shape index (κ3) is 67.6. The summed E-state index contributed by atoms with van der Waals surface area (Å²) in [5.41, 5.74) is 0. The number of aliphatic hydroxyl groups is 4. The molecule has 6 N–H and O–H groups in total. The number of alkyl halides is 1. The Morgan fingerprint density at radius 3 is 1.30 bits per heavy atom. The summed E-state index contributed by atoms with van der Waals surface area (Å²) in [6.45, 7) is -0.953. The van der Waals surface area contributed by atoms with Gasteiger partial charge in [-0.1, -0.05) is 0 Å². The van der Waals surface area contributed by atoms with Gasteiger partial charge >= 0.3 is 88.7 Å². The van der Waals surface area contributed by atoms with Gasteiger partial charge in [-0.15, -0.1) is 11.6 Å². The molecule has 17 heteroatoms. The second-order valence-electron chi connectivity index (χ2n) is 2.76. The van der Waals surface area contributed by atoms with Gasteiger partial charge in [-0.25, -0.2) is 8.42 Å². The summed E-state index contributed by atoms with van der Waals surface area (Å²) in [6.07, 6.45) is -2.20. The van der Waals surface area contributed by atoms with E-state index in [0.29, 0.717) is 0 Å². The largest absolute Gasteiger partial charge is 1.00 e. The molecule has 0 saturated carbocycles. The van der Waals surface area contributed by atoms with Crippen molar-refractivity contribution in [1.82, 2.24) is 0 Å². The smallest absolute Gasteiger partial charge is 0.917 e. The molecule has 0 amide bonds. The van der Waals surface area contributed by atoms with Crippen molar-refractivity contribution in [3.05, 3.63) is 0 Å². The summed E-state index contributed by atoms with van der Waals surface area (Å²) in [4.78, 5) is 0. The standard InChI is InChI=1S/C3H7ClO2.C3H8O5S.3Na.O3S.H2O/c4-1-3(6)2-5;4-1-3(5)2-9(6,7)8;;;;1-4(2)3;/h3,5-6H,1-2H2;3-5H,1-2H2,(H,6,7,8);;;;;1H2/q;;3*+1;-2;/p-1. The second kappa shape index (κ2) is 29.7. The number of aliphatic hydroxyl groups excluding tert-OH is 4.